The molecule has 0 aliphatic rings. The molecule has 0 unspecified atom stereocenters. The number of esters is 1. The SMILES string of the molecule is CCC/C=C\CCCCOc1ccc(OC(=O)c2ccc(OCCCCC[C@@H](C)CC)cc2)cc1. The maximum atomic E-state index is 12.5. The number of unbranched alkanes of at least 4 members (excludes halogenated alkanes) is 5. The van der Waals surface area contributed by atoms with Gasteiger partial charge in [0.1, 0.15) is 17.2 Å². The first-order valence-corrected chi connectivity index (χ1v) is 13.4. The van der Waals surface area contributed by atoms with E-state index in [9.17, 15) is 4.79 Å². The zero-order valence-corrected chi connectivity index (χ0v) is 22.0. The second-order valence-corrected chi connectivity index (χ2v) is 9.20. The van der Waals surface area contributed by atoms with Crippen LogP contribution >= 0.6 is 0 Å². The molecule has 35 heavy (non-hydrogen) atoms. The molecule has 0 radical (unpaired) electrons. The molecule has 0 aromatic heterocycles. The molecule has 0 saturated heterocycles. The van der Waals surface area contributed by atoms with Crippen molar-refractivity contribution in [2.45, 2.75) is 85.0 Å². The van der Waals surface area contributed by atoms with Gasteiger partial charge in [-0.15, -0.1) is 0 Å². The van der Waals surface area contributed by atoms with E-state index >= 15 is 0 Å². The standard InChI is InChI=1S/C31H44O4/c1-4-6-7-8-9-10-13-24-34-29-20-22-30(23-21-29)35-31(32)27-16-18-28(19-17-27)33-25-14-11-12-15-26(3)5-2/h7-8,16-23,26H,4-6,9-15,24-25H2,1-3H3/b8-7-/t26-/m0/s1. The molecule has 0 bridgehead atoms. The van der Waals surface area contributed by atoms with Crippen LogP contribution in [0.15, 0.2) is 60.7 Å². The van der Waals surface area contributed by atoms with Crippen molar-refractivity contribution in [2.75, 3.05) is 13.2 Å². The van der Waals surface area contributed by atoms with Crippen LogP contribution in [0.5, 0.6) is 17.2 Å². The lowest BCUT2D eigenvalue weighted by Gasteiger charge is -2.09. The Morgan fingerprint density at radius 1 is 0.743 bits per heavy atom. The molecule has 0 heterocycles. The average Bonchev–Trinajstić information content (AvgIpc) is 2.88. The molecule has 192 valence electrons. The second kappa shape index (κ2) is 17.7. The maximum absolute atomic E-state index is 12.5. The fourth-order valence-electron chi connectivity index (χ4n) is 3.58. The van der Waals surface area contributed by atoms with E-state index in [1.54, 1.807) is 24.3 Å². The van der Waals surface area contributed by atoms with Crippen molar-refractivity contribution in [1.82, 2.24) is 0 Å². The molecular formula is C31H44O4. The van der Waals surface area contributed by atoms with E-state index in [4.69, 9.17) is 14.2 Å². The van der Waals surface area contributed by atoms with E-state index in [0.717, 1.165) is 49.5 Å². The Bertz CT molecular complexity index is 839. The highest BCUT2D eigenvalue weighted by Gasteiger charge is 2.09. The number of allylic oxidation sites excluding steroid dienone is 2. The number of ether oxygens (including phenoxy) is 3. The first kappa shape index (κ1) is 28.5. The van der Waals surface area contributed by atoms with Gasteiger partial charge in [-0.3, -0.25) is 0 Å². The van der Waals surface area contributed by atoms with Gasteiger partial charge in [-0.2, -0.15) is 0 Å². The number of carbonyl (C=O) groups excluding carboxylic acids is 1. The molecule has 0 spiro atoms. The van der Waals surface area contributed by atoms with Gasteiger partial charge >= 0.3 is 5.97 Å². The van der Waals surface area contributed by atoms with Gasteiger partial charge in [0.25, 0.3) is 0 Å². The van der Waals surface area contributed by atoms with Crippen LogP contribution in [0, 0.1) is 5.92 Å². The van der Waals surface area contributed by atoms with Gasteiger partial charge in [-0.25, -0.2) is 4.79 Å². The lowest BCUT2D eigenvalue weighted by Crippen LogP contribution is -2.08. The highest BCUT2D eigenvalue weighted by Crippen LogP contribution is 2.20. The van der Waals surface area contributed by atoms with Crippen LogP contribution in [0.25, 0.3) is 0 Å². The fraction of sp³-hybridized carbons (Fsp3) is 0.516. The predicted molar refractivity (Wildman–Crippen MR) is 145 cm³/mol. The molecule has 4 heteroatoms. The Labute approximate surface area is 212 Å². The summed E-state index contributed by atoms with van der Waals surface area (Å²) in [7, 11) is 0. The van der Waals surface area contributed by atoms with E-state index in [2.05, 4.69) is 32.9 Å². The lowest BCUT2D eigenvalue weighted by atomic mass is 10.0. The molecule has 2 aromatic rings. The average molecular weight is 481 g/mol. The zero-order valence-electron chi connectivity index (χ0n) is 22.0. The summed E-state index contributed by atoms with van der Waals surface area (Å²) in [5.74, 6) is 2.49. The van der Waals surface area contributed by atoms with E-state index in [1.165, 1.54) is 32.1 Å². The van der Waals surface area contributed by atoms with Crippen molar-refractivity contribution < 1.29 is 19.0 Å². The number of carbonyl (C=O) groups is 1. The van der Waals surface area contributed by atoms with Gasteiger partial charge in [0, 0.05) is 0 Å². The molecule has 4 nitrogen and oxygen atoms in total. The molecule has 1 atom stereocenters. The largest absolute Gasteiger partial charge is 0.494 e. The molecule has 0 aliphatic heterocycles. The van der Waals surface area contributed by atoms with E-state index in [-0.39, 0.29) is 5.97 Å². The van der Waals surface area contributed by atoms with Gasteiger partial charge in [0.05, 0.1) is 18.8 Å². The Morgan fingerprint density at radius 3 is 1.94 bits per heavy atom. The minimum absolute atomic E-state index is 0.383. The number of hydrogen-bond donors (Lipinski definition) is 0. The van der Waals surface area contributed by atoms with Crippen molar-refractivity contribution in [2.24, 2.45) is 5.92 Å². The molecule has 0 N–H and O–H groups in total. The topological polar surface area (TPSA) is 44.8 Å². The van der Waals surface area contributed by atoms with Gasteiger partial charge in [0.15, 0.2) is 0 Å². The van der Waals surface area contributed by atoms with Crippen LogP contribution in [-0.4, -0.2) is 19.2 Å². The smallest absolute Gasteiger partial charge is 0.343 e. The summed E-state index contributed by atoms with van der Waals surface area (Å²) < 4.78 is 17.1. The Hall–Kier alpha value is -2.75. The van der Waals surface area contributed by atoms with Gasteiger partial charge in [-0.1, -0.05) is 65.0 Å². The second-order valence-electron chi connectivity index (χ2n) is 9.20. The molecule has 0 saturated carbocycles. The van der Waals surface area contributed by atoms with Crippen LogP contribution in [0.4, 0.5) is 0 Å². The van der Waals surface area contributed by atoms with Gasteiger partial charge < -0.3 is 14.2 Å². The fourth-order valence-corrected chi connectivity index (χ4v) is 3.58. The van der Waals surface area contributed by atoms with Crippen LogP contribution in [0.1, 0.15) is 95.3 Å². The third-order valence-corrected chi connectivity index (χ3v) is 6.09. The summed E-state index contributed by atoms with van der Waals surface area (Å²) in [4.78, 5) is 12.5. The van der Waals surface area contributed by atoms with Gasteiger partial charge in [-0.05, 0) is 86.6 Å². The Morgan fingerprint density at radius 2 is 1.31 bits per heavy atom. The van der Waals surface area contributed by atoms with Crippen LogP contribution in [0.2, 0.25) is 0 Å². The van der Waals surface area contributed by atoms with Crippen LogP contribution < -0.4 is 14.2 Å². The van der Waals surface area contributed by atoms with E-state index < -0.39 is 0 Å². The van der Waals surface area contributed by atoms with E-state index in [0.29, 0.717) is 24.5 Å². The normalized spacial score (nSPS) is 12.0. The third-order valence-electron chi connectivity index (χ3n) is 6.09. The minimum Gasteiger partial charge on any atom is -0.494 e. The van der Waals surface area contributed by atoms with Crippen molar-refractivity contribution in [1.29, 1.82) is 0 Å². The highest BCUT2D eigenvalue weighted by molar-refractivity contribution is 5.91. The number of rotatable bonds is 18. The summed E-state index contributed by atoms with van der Waals surface area (Å²) in [6.07, 6.45) is 16.1. The molecule has 0 amide bonds. The first-order chi connectivity index (χ1) is 17.1. The van der Waals surface area contributed by atoms with Crippen molar-refractivity contribution in [3.63, 3.8) is 0 Å². The molecule has 0 aliphatic carbocycles. The molecule has 0 fully saturated rings. The van der Waals surface area contributed by atoms with Gasteiger partial charge in [0.2, 0.25) is 0 Å². The number of hydrogen-bond acceptors (Lipinski definition) is 4. The quantitative estimate of drug-likeness (QED) is 0.0925. The Kier molecular flexibility index (Phi) is 14.4. The minimum atomic E-state index is -0.383. The predicted octanol–water partition coefficient (Wildman–Crippen LogP) is 8.80. The summed E-state index contributed by atoms with van der Waals surface area (Å²) >= 11 is 0. The Balaban J connectivity index is 1.64. The monoisotopic (exact) mass is 480 g/mol. The van der Waals surface area contributed by atoms with E-state index in [1.807, 2.05) is 24.3 Å². The summed E-state index contributed by atoms with van der Waals surface area (Å²) in [5.41, 5.74) is 0.499. The molecule has 2 rings (SSSR count). The maximum Gasteiger partial charge on any atom is 0.343 e. The van der Waals surface area contributed by atoms with Crippen molar-refractivity contribution in [3.8, 4) is 17.2 Å². The summed E-state index contributed by atoms with van der Waals surface area (Å²) in [6.45, 7) is 8.14. The molecular weight excluding hydrogens is 436 g/mol. The summed E-state index contributed by atoms with van der Waals surface area (Å²) in [5, 5.41) is 0. The molecule has 2 aromatic carbocycles. The highest BCUT2D eigenvalue weighted by atomic mass is 16.5. The van der Waals surface area contributed by atoms with Crippen molar-refractivity contribution >= 4 is 5.97 Å². The van der Waals surface area contributed by atoms with Crippen molar-refractivity contribution in [3.05, 3.63) is 66.2 Å². The summed E-state index contributed by atoms with van der Waals surface area (Å²) in [6, 6.07) is 14.3. The lowest BCUT2D eigenvalue weighted by molar-refractivity contribution is 0.0734. The first-order valence-electron chi connectivity index (χ1n) is 13.4. The number of benzene rings is 2. The van der Waals surface area contributed by atoms with Crippen LogP contribution in [0.3, 0.4) is 0 Å². The third kappa shape index (κ3) is 12.5. The zero-order chi connectivity index (χ0) is 25.1. The van der Waals surface area contributed by atoms with Crippen LogP contribution in [-0.2, 0) is 0 Å².